The van der Waals surface area contributed by atoms with E-state index in [9.17, 15) is 8.42 Å². The Hall–Kier alpha value is -1.90. The van der Waals surface area contributed by atoms with E-state index >= 15 is 0 Å². The summed E-state index contributed by atoms with van der Waals surface area (Å²) in [5.74, 6) is 0. The zero-order valence-corrected chi connectivity index (χ0v) is 12.0. The van der Waals surface area contributed by atoms with Gasteiger partial charge in [0, 0.05) is 25.1 Å². The first-order chi connectivity index (χ1) is 9.49. The molecule has 0 radical (unpaired) electrons. The summed E-state index contributed by atoms with van der Waals surface area (Å²) in [5, 5.41) is 0. The van der Waals surface area contributed by atoms with Crippen LogP contribution in [-0.4, -0.2) is 23.4 Å². The number of nitrogens with one attached hydrogen (secondary N) is 1. The molecule has 3 N–H and O–H groups in total. The molecule has 0 aliphatic rings. The van der Waals surface area contributed by atoms with E-state index in [0.717, 1.165) is 5.56 Å². The maximum absolute atomic E-state index is 12.1. The zero-order chi connectivity index (χ0) is 14.6. The van der Waals surface area contributed by atoms with Crippen molar-refractivity contribution in [3.05, 3.63) is 54.1 Å². The van der Waals surface area contributed by atoms with Gasteiger partial charge in [-0.05, 0) is 23.8 Å². The SMILES string of the molecule is NC(=S)c1ccc(S(=O)(=O)NCc2cccnc2)cn1. The maximum atomic E-state index is 12.1. The monoisotopic (exact) mass is 308 g/mol. The molecule has 0 spiro atoms. The van der Waals surface area contributed by atoms with Crippen molar-refractivity contribution >= 4 is 27.2 Å². The van der Waals surface area contributed by atoms with Crippen LogP contribution in [0.15, 0.2) is 47.8 Å². The van der Waals surface area contributed by atoms with Crippen molar-refractivity contribution in [2.45, 2.75) is 11.4 Å². The van der Waals surface area contributed by atoms with Crippen LogP contribution in [0.2, 0.25) is 0 Å². The highest BCUT2D eigenvalue weighted by atomic mass is 32.2. The van der Waals surface area contributed by atoms with Gasteiger partial charge in [-0.15, -0.1) is 0 Å². The minimum absolute atomic E-state index is 0.0568. The lowest BCUT2D eigenvalue weighted by molar-refractivity contribution is 0.581. The Labute approximate surface area is 122 Å². The molecule has 0 unspecified atom stereocenters. The van der Waals surface area contributed by atoms with Gasteiger partial charge < -0.3 is 5.73 Å². The molecular formula is C12H12N4O2S2. The van der Waals surface area contributed by atoms with Crippen molar-refractivity contribution in [1.29, 1.82) is 0 Å². The molecule has 2 heterocycles. The predicted molar refractivity (Wildman–Crippen MR) is 78.4 cm³/mol. The standard InChI is InChI=1S/C12H12N4O2S2/c13-12(19)11-4-3-10(8-15-11)20(17,18)16-7-9-2-1-5-14-6-9/h1-6,8,16H,7H2,(H2,13,19). The van der Waals surface area contributed by atoms with E-state index in [0.29, 0.717) is 5.69 Å². The molecule has 20 heavy (non-hydrogen) atoms. The fourth-order valence-corrected chi connectivity index (χ4v) is 2.53. The number of hydrogen-bond donors (Lipinski definition) is 2. The van der Waals surface area contributed by atoms with Crippen molar-refractivity contribution in [2.24, 2.45) is 5.73 Å². The number of aromatic nitrogens is 2. The molecule has 0 aromatic carbocycles. The van der Waals surface area contributed by atoms with Gasteiger partial charge >= 0.3 is 0 Å². The van der Waals surface area contributed by atoms with Gasteiger partial charge in [0.2, 0.25) is 10.0 Å². The van der Waals surface area contributed by atoms with Crippen LogP contribution in [0.1, 0.15) is 11.3 Å². The normalized spacial score (nSPS) is 11.2. The number of thiocarbonyl (C=S) groups is 1. The molecule has 0 atom stereocenters. The third-order valence-corrected chi connectivity index (χ3v) is 4.08. The molecule has 0 bridgehead atoms. The molecule has 0 saturated heterocycles. The summed E-state index contributed by atoms with van der Waals surface area (Å²) in [4.78, 5) is 7.99. The van der Waals surface area contributed by atoms with E-state index in [1.165, 1.54) is 18.3 Å². The van der Waals surface area contributed by atoms with Crippen LogP contribution in [-0.2, 0) is 16.6 Å². The van der Waals surface area contributed by atoms with Gasteiger partial charge in [0.15, 0.2) is 0 Å². The first-order valence-electron chi connectivity index (χ1n) is 5.63. The van der Waals surface area contributed by atoms with Crippen LogP contribution in [0, 0.1) is 0 Å². The fraction of sp³-hybridized carbons (Fsp3) is 0.0833. The van der Waals surface area contributed by atoms with Crippen molar-refractivity contribution in [1.82, 2.24) is 14.7 Å². The lowest BCUT2D eigenvalue weighted by Gasteiger charge is -2.06. The van der Waals surface area contributed by atoms with Gasteiger partial charge in [-0.25, -0.2) is 13.1 Å². The summed E-state index contributed by atoms with van der Waals surface area (Å²) >= 11 is 4.76. The van der Waals surface area contributed by atoms with Crippen LogP contribution in [0.25, 0.3) is 0 Å². The third-order valence-electron chi connectivity index (χ3n) is 2.49. The van der Waals surface area contributed by atoms with Gasteiger partial charge in [-0.3, -0.25) is 9.97 Å². The Kier molecular flexibility index (Phi) is 4.38. The van der Waals surface area contributed by atoms with Gasteiger partial charge in [0.05, 0.1) is 5.69 Å². The van der Waals surface area contributed by atoms with Crippen LogP contribution < -0.4 is 10.5 Å². The van der Waals surface area contributed by atoms with Crippen LogP contribution in [0.4, 0.5) is 0 Å². The highest BCUT2D eigenvalue weighted by molar-refractivity contribution is 7.89. The number of pyridine rings is 2. The molecule has 0 saturated carbocycles. The lowest BCUT2D eigenvalue weighted by Crippen LogP contribution is -2.23. The van der Waals surface area contributed by atoms with Gasteiger partial charge in [0.25, 0.3) is 0 Å². The summed E-state index contributed by atoms with van der Waals surface area (Å²) in [5.41, 5.74) is 6.55. The molecule has 104 valence electrons. The summed E-state index contributed by atoms with van der Waals surface area (Å²) in [6, 6.07) is 6.40. The molecular weight excluding hydrogens is 296 g/mol. The minimum Gasteiger partial charge on any atom is -0.388 e. The average molecular weight is 308 g/mol. The second-order valence-electron chi connectivity index (χ2n) is 3.93. The van der Waals surface area contributed by atoms with Crippen molar-refractivity contribution in [2.75, 3.05) is 0 Å². The van der Waals surface area contributed by atoms with Gasteiger partial charge in [-0.2, -0.15) is 0 Å². The van der Waals surface area contributed by atoms with E-state index in [-0.39, 0.29) is 16.4 Å². The largest absolute Gasteiger partial charge is 0.388 e. The van der Waals surface area contributed by atoms with E-state index in [1.54, 1.807) is 24.5 Å². The number of nitrogens with two attached hydrogens (primary N) is 1. The van der Waals surface area contributed by atoms with Crippen LogP contribution in [0.3, 0.4) is 0 Å². The fourth-order valence-electron chi connectivity index (χ4n) is 1.45. The van der Waals surface area contributed by atoms with Gasteiger partial charge in [-0.1, -0.05) is 18.3 Å². The topological polar surface area (TPSA) is 98.0 Å². The average Bonchev–Trinajstić information content (AvgIpc) is 2.46. The first-order valence-corrected chi connectivity index (χ1v) is 7.52. The van der Waals surface area contributed by atoms with E-state index < -0.39 is 10.0 Å². The van der Waals surface area contributed by atoms with Crippen molar-refractivity contribution < 1.29 is 8.42 Å². The Morgan fingerprint density at radius 1 is 1.30 bits per heavy atom. The number of sulfonamides is 1. The number of hydrogen-bond acceptors (Lipinski definition) is 5. The highest BCUT2D eigenvalue weighted by Gasteiger charge is 2.14. The maximum Gasteiger partial charge on any atom is 0.242 e. The van der Waals surface area contributed by atoms with E-state index in [1.807, 2.05) is 0 Å². The molecule has 2 aromatic rings. The highest BCUT2D eigenvalue weighted by Crippen LogP contribution is 2.09. The molecule has 6 nitrogen and oxygen atoms in total. The third kappa shape index (κ3) is 3.56. The van der Waals surface area contributed by atoms with Crippen LogP contribution in [0.5, 0.6) is 0 Å². The van der Waals surface area contributed by atoms with Crippen LogP contribution >= 0.6 is 12.2 Å². The predicted octanol–water partition coefficient (Wildman–Crippen LogP) is 0.589. The zero-order valence-electron chi connectivity index (χ0n) is 10.4. The van der Waals surface area contributed by atoms with E-state index in [4.69, 9.17) is 18.0 Å². The molecule has 0 aliphatic heterocycles. The number of nitrogens with zero attached hydrogens (tertiary/aromatic N) is 2. The smallest absolute Gasteiger partial charge is 0.242 e. The van der Waals surface area contributed by atoms with E-state index in [2.05, 4.69) is 14.7 Å². The second-order valence-corrected chi connectivity index (χ2v) is 6.14. The summed E-state index contributed by atoms with van der Waals surface area (Å²) in [6.07, 6.45) is 4.44. The Morgan fingerprint density at radius 2 is 2.10 bits per heavy atom. The lowest BCUT2D eigenvalue weighted by atomic mass is 10.3. The Morgan fingerprint density at radius 3 is 2.65 bits per heavy atom. The molecule has 0 amide bonds. The summed E-state index contributed by atoms with van der Waals surface area (Å²) in [7, 11) is -3.63. The first kappa shape index (κ1) is 14.5. The molecule has 2 aromatic heterocycles. The summed E-state index contributed by atoms with van der Waals surface area (Å²) < 4.78 is 26.6. The quantitative estimate of drug-likeness (QED) is 0.785. The second kappa shape index (κ2) is 6.04. The molecule has 0 aliphatic carbocycles. The Balaban J connectivity index is 2.12. The Bertz CT molecular complexity index is 700. The van der Waals surface area contributed by atoms with Gasteiger partial charge in [0.1, 0.15) is 9.88 Å². The number of rotatable bonds is 5. The minimum atomic E-state index is -3.63. The van der Waals surface area contributed by atoms with Crippen molar-refractivity contribution in [3.63, 3.8) is 0 Å². The summed E-state index contributed by atoms with van der Waals surface area (Å²) in [6.45, 7) is 0.160. The van der Waals surface area contributed by atoms with Crippen molar-refractivity contribution in [3.8, 4) is 0 Å². The molecule has 8 heteroatoms. The molecule has 0 fully saturated rings. The molecule has 2 rings (SSSR count).